The summed E-state index contributed by atoms with van der Waals surface area (Å²) in [4.78, 5) is 12.3. The van der Waals surface area contributed by atoms with Gasteiger partial charge in [0.05, 0.1) is 17.0 Å². The molecule has 0 fully saturated rings. The normalized spacial score (nSPS) is 11.6. The summed E-state index contributed by atoms with van der Waals surface area (Å²) in [5, 5.41) is 10.4. The van der Waals surface area contributed by atoms with E-state index in [1.165, 1.54) is 0 Å². The first-order valence-electron chi connectivity index (χ1n) is 8.42. The lowest BCUT2D eigenvalue weighted by Gasteiger charge is -2.06. The standard InChI is InChI=1S/C19H21N3O3S/c1-14-8-9-17-16(12-14)18(22-21-17)19(23)20-10-5-11-26(24,25)13-15-6-3-2-4-7-15/h2-4,6-9,12H,5,10-11,13H2,1H3,(H,20,23)(H,21,22). The van der Waals surface area contributed by atoms with Crippen molar-refractivity contribution in [3.05, 3.63) is 65.4 Å². The minimum atomic E-state index is -3.20. The fourth-order valence-electron chi connectivity index (χ4n) is 2.78. The lowest BCUT2D eigenvalue weighted by atomic mass is 10.1. The molecule has 3 rings (SSSR count). The molecule has 0 unspecified atom stereocenters. The molecule has 2 aromatic carbocycles. The summed E-state index contributed by atoms with van der Waals surface area (Å²) in [6.07, 6.45) is 0.363. The quantitative estimate of drug-likeness (QED) is 0.625. The Morgan fingerprint density at radius 3 is 2.69 bits per heavy atom. The summed E-state index contributed by atoms with van der Waals surface area (Å²) < 4.78 is 24.3. The third kappa shape index (κ3) is 4.49. The average Bonchev–Trinajstić information content (AvgIpc) is 3.02. The largest absolute Gasteiger partial charge is 0.351 e. The highest BCUT2D eigenvalue weighted by Crippen LogP contribution is 2.17. The monoisotopic (exact) mass is 371 g/mol. The number of aryl methyl sites for hydroxylation is 1. The number of fused-ring (bicyclic) bond motifs is 1. The van der Waals surface area contributed by atoms with Crippen molar-refractivity contribution in [1.29, 1.82) is 0 Å². The molecule has 0 radical (unpaired) electrons. The number of sulfone groups is 1. The number of aromatic amines is 1. The fourth-order valence-corrected chi connectivity index (χ4v) is 4.21. The van der Waals surface area contributed by atoms with Gasteiger partial charge < -0.3 is 5.32 Å². The van der Waals surface area contributed by atoms with Gasteiger partial charge >= 0.3 is 0 Å². The molecule has 0 spiro atoms. The Bertz CT molecular complexity index is 1010. The van der Waals surface area contributed by atoms with Crippen LogP contribution in [0.25, 0.3) is 10.9 Å². The number of H-pyrrole nitrogens is 1. The van der Waals surface area contributed by atoms with Gasteiger partial charge in [-0.15, -0.1) is 0 Å². The SMILES string of the molecule is Cc1ccc2[nH]nc(C(=O)NCCCS(=O)(=O)Cc3ccccc3)c2c1. The fraction of sp³-hybridized carbons (Fsp3) is 0.263. The molecule has 1 amide bonds. The second kappa shape index (κ2) is 7.70. The molecule has 0 bridgehead atoms. The zero-order valence-corrected chi connectivity index (χ0v) is 15.3. The number of nitrogens with zero attached hydrogens (tertiary/aromatic N) is 1. The minimum Gasteiger partial charge on any atom is -0.351 e. The second-order valence-electron chi connectivity index (χ2n) is 6.31. The third-order valence-corrected chi connectivity index (χ3v) is 5.76. The van der Waals surface area contributed by atoms with E-state index in [9.17, 15) is 13.2 Å². The summed E-state index contributed by atoms with van der Waals surface area (Å²) in [7, 11) is -3.20. The van der Waals surface area contributed by atoms with Crippen molar-refractivity contribution < 1.29 is 13.2 Å². The Hall–Kier alpha value is -2.67. The van der Waals surface area contributed by atoms with Gasteiger partial charge in [-0.2, -0.15) is 5.10 Å². The Morgan fingerprint density at radius 2 is 1.92 bits per heavy atom. The van der Waals surface area contributed by atoms with Gasteiger partial charge in [0.1, 0.15) is 0 Å². The number of nitrogens with one attached hydrogen (secondary N) is 2. The molecule has 2 N–H and O–H groups in total. The number of hydrogen-bond acceptors (Lipinski definition) is 4. The van der Waals surface area contributed by atoms with Gasteiger partial charge in [-0.3, -0.25) is 9.89 Å². The maximum Gasteiger partial charge on any atom is 0.272 e. The van der Waals surface area contributed by atoms with Crippen molar-refractivity contribution in [3.63, 3.8) is 0 Å². The molecule has 0 aliphatic carbocycles. The van der Waals surface area contributed by atoms with Crippen LogP contribution in [-0.4, -0.2) is 36.8 Å². The number of benzene rings is 2. The molecule has 0 saturated heterocycles. The number of amides is 1. The molecule has 6 nitrogen and oxygen atoms in total. The van der Waals surface area contributed by atoms with Crippen LogP contribution in [0.2, 0.25) is 0 Å². The molecular weight excluding hydrogens is 350 g/mol. The Morgan fingerprint density at radius 1 is 1.15 bits per heavy atom. The molecule has 136 valence electrons. The van der Waals surface area contributed by atoms with E-state index in [1.54, 1.807) is 12.1 Å². The Balaban J connectivity index is 1.53. The van der Waals surface area contributed by atoms with E-state index in [0.717, 1.165) is 22.0 Å². The molecule has 1 aromatic heterocycles. The van der Waals surface area contributed by atoms with Crippen molar-refractivity contribution >= 4 is 26.6 Å². The number of aromatic nitrogens is 2. The van der Waals surface area contributed by atoms with Gasteiger partial charge in [-0.25, -0.2) is 8.42 Å². The third-order valence-electron chi connectivity index (χ3n) is 4.08. The van der Waals surface area contributed by atoms with E-state index in [1.807, 2.05) is 43.3 Å². The van der Waals surface area contributed by atoms with Crippen LogP contribution in [0.15, 0.2) is 48.5 Å². The molecule has 26 heavy (non-hydrogen) atoms. The molecule has 1 heterocycles. The summed E-state index contributed by atoms with van der Waals surface area (Å²) in [5.41, 5.74) is 2.94. The van der Waals surface area contributed by atoms with Gasteiger partial charge in [-0.05, 0) is 31.0 Å². The lowest BCUT2D eigenvalue weighted by molar-refractivity contribution is 0.0950. The van der Waals surface area contributed by atoms with E-state index in [4.69, 9.17) is 0 Å². The van der Waals surface area contributed by atoms with Crippen molar-refractivity contribution in [1.82, 2.24) is 15.5 Å². The van der Waals surface area contributed by atoms with Gasteiger partial charge in [0.2, 0.25) is 0 Å². The number of hydrogen-bond donors (Lipinski definition) is 2. The molecule has 0 saturated carbocycles. The summed E-state index contributed by atoms with van der Waals surface area (Å²) >= 11 is 0. The predicted molar refractivity (Wildman–Crippen MR) is 102 cm³/mol. The van der Waals surface area contributed by atoms with Gasteiger partial charge in [-0.1, -0.05) is 42.0 Å². The molecule has 3 aromatic rings. The van der Waals surface area contributed by atoms with E-state index < -0.39 is 9.84 Å². The van der Waals surface area contributed by atoms with Crippen LogP contribution in [0, 0.1) is 6.92 Å². The minimum absolute atomic E-state index is 0.0189. The Labute approximate surface area is 152 Å². The zero-order valence-electron chi connectivity index (χ0n) is 14.5. The van der Waals surface area contributed by atoms with E-state index in [0.29, 0.717) is 12.1 Å². The second-order valence-corrected chi connectivity index (χ2v) is 8.49. The first-order chi connectivity index (χ1) is 12.4. The van der Waals surface area contributed by atoms with E-state index in [2.05, 4.69) is 15.5 Å². The highest BCUT2D eigenvalue weighted by atomic mass is 32.2. The van der Waals surface area contributed by atoms with E-state index in [-0.39, 0.29) is 24.0 Å². The number of rotatable bonds is 7. The van der Waals surface area contributed by atoms with Crippen molar-refractivity contribution in [2.75, 3.05) is 12.3 Å². The molecule has 0 aliphatic rings. The zero-order chi connectivity index (χ0) is 18.6. The number of carbonyl (C=O) groups is 1. The molecule has 7 heteroatoms. The topological polar surface area (TPSA) is 91.9 Å². The van der Waals surface area contributed by atoms with Gasteiger partial charge in [0.15, 0.2) is 15.5 Å². The molecule has 0 aliphatic heterocycles. The summed E-state index contributed by atoms with van der Waals surface area (Å²) in [6.45, 7) is 2.23. The van der Waals surface area contributed by atoms with E-state index >= 15 is 0 Å². The van der Waals surface area contributed by atoms with Crippen LogP contribution in [-0.2, 0) is 15.6 Å². The summed E-state index contributed by atoms with van der Waals surface area (Å²) in [6, 6.07) is 14.8. The Kier molecular flexibility index (Phi) is 5.37. The van der Waals surface area contributed by atoms with Gasteiger partial charge in [0, 0.05) is 11.9 Å². The first-order valence-corrected chi connectivity index (χ1v) is 10.2. The van der Waals surface area contributed by atoms with Crippen LogP contribution in [0.1, 0.15) is 28.0 Å². The van der Waals surface area contributed by atoms with Crippen LogP contribution in [0.5, 0.6) is 0 Å². The van der Waals surface area contributed by atoms with Crippen molar-refractivity contribution in [3.8, 4) is 0 Å². The molecule has 0 atom stereocenters. The molecular formula is C19H21N3O3S. The predicted octanol–water partition coefficient (Wildman–Crippen LogP) is 2.61. The van der Waals surface area contributed by atoms with Crippen molar-refractivity contribution in [2.45, 2.75) is 19.1 Å². The van der Waals surface area contributed by atoms with Crippen molar-refractivity contribution in [2.24, 2.45) is 0 Å². The van der Waals surface area contributed by atoms with Crippen LogP contribution >= 0.6 is 0 Å². The average molecular weight is 371 g/mol. The highest BCUT2D eigenvalue weighted by molar-refractivity contribution is 7.90. The highest BCUT2D eigenvalue weighted by Gasteiger charge is 2.15. The smallest absolute Gasteiger partial charge is 0.272 e. The van der Waals surface area contributed by atoms with Gasteiger partial charge in [0.25, 0.3) is 5.91 Å². The maximum absolute atomic E-state index is 12.3. The van der Waals surface area contributed by atoms with Crippen LogP contribution < -0.4 is 5.32 Å². The van der Waals surface area contributed by atoms with Crippen LogP contribution in [0.3, 0.4) is 0 Å². The lowest BCUT2D eigenvalue weighted by Crippen LogP contribution is -2.26. The maximum atomic E-state index is 12.3. The first kappa shape index (κ1) is 18.1. The number of carbonyl (C=O) groups excluding carboxylic acids is 1. The summed E-state index contributed by atoms with van der Waals surface area (Å²) in [5.74, 6) is -0.254. The van der Waals surface area contributed by atoms with Crippen LogP contribution in [0.4, 0.5) is 0 Å².